The van der Waals surface area contributed by atoms with Crippen LogP contribution < -0.4 is 5.32 Å². The summed E-state index contributed by atoms with van der Waals surface area (Å²) in [5.74, 6) is 0. The summed E-state index contributed by atoms with van der Waals surface area (Å²) in [6.07, 6.45) is 5.35. The molecule has 0 aliphatic carbocycles. The minimum Gasteiger partial charge on any atom is -0.309 e. The van der Waals surface area contributed by atoms with E-state index in [1.54, 1.807) is 0 Å². The summed E-state index contributed by atoms with van der Waals surface area (Å²) in [6, 6.07) is 12.0. The van der Waals surface area contributed by atoms with Gasteiger partial charge in [-0.3, -0.25) is 4.90 Å². The summed E-state index contributed by atoms with van der Waals surface area (Å²) in [7, 11) is 0. The maximum Gasteiger partial charge on any atom is 0.0477 e. The summed E-state index contributed by atoms with van der Waals surface area (Å²) in [4.78, 5) is 2.70. The van der Waals surface area contributed by atoms with Crippen LogP contribution in [0, 0.1) is 0 Å². The van der Waals surface area contributed by atoms with Crippen LogP contribution in [0.25, 0.3) is 0 Å². The van der Waals surface area contributed by atoms with E-state index < -0.39 is 0 Å². The highest BCUT2D eigenvalue weighted by Crippen LogP contribution is 2.26. The van der Waals surface area contributed by atoms with Gasteiger partial charge in [-0.1, -0.05) is 50.6 Å². The monoisotopic (exact) mass is 260 g/mol. The van der Waals surface area contributed by atoms with Gasteiger partial charge in [0.15, 0.2) is 0 Å². The van der Waals surface area contributed by atoms with Crippen molar-refractivity contribution in [3.05, 3.63) is 35.9 Å². The SMILES string of the molecule is CCNC(c1ccccc1)C(CC)N1CCCCC1. The molecule has 106 valence electrons. The van der Waals surface area contributed by atoms with Crippen molar-refractivity contribution < 1.29 is 0 Å². The largest absolute Gasteiger partial charge is 0.309 e. The zero-order valence-corrected chi connectivity index (χ0v) is 12.4. The van der Waals surface area contributed by atoms with Crippen molar-refractivity contribution in [1.29, 1.82) is 0 Å². The van der Waals surface area contributed by atoms with E-state index in [0.29, 0.717) is 12.1 Å². The van der Waals surface area contributed by atoms with Gasteiger partial charge in [-0.2, -0.15) is 0 Å². The molecule has 0 aromatic heterocycles. The molecule has 1 N–H and O–H groups in total. The molecule has 2 unspecified atom stereocenters. The van der Waals surface area contributed by atoms with Crippen molar-refractivity contribution in [2.75, 3.05) is 19.6 Å². The fraction of sp³-hybridized carbons (Fsp3) is 0.647. The third-order valence-electron chi connectivity index (χ3n) is 4.25. The molecule has 1 aliphatic rings. The summed E-state index contributed by atoms with van der Waals surface area (Å²) < 4.78 is 0. The lowest BCUT2D eigenvalue weighted by Crippen LogP contribution is -2.46. The van der Waals surface area contributed by atoms with Crippen LogP contribution in [0.4, 0.5) is 0 Å². The Bertz CT molecular complexity index is 344. The first-order valence-corrected chi connectivity index (χ1v) is 7.89. The number of nitrogens with one attached hydrogen (secondary N) is 1. The Morgan fingerprint density at radius 2 is 1.74 bits per heavy atom. The molecule has 2 atom stereocenters. The fourth-order valence-corrected chi connectivity index (χ4v) is 3.31. The van der Waals surface area contributed by atoms with Crippen LogP contribution in [0.15, 0.2) is 30.3 Å². The molecule has 1 aromatic rings. The molecule has 1 fully saturated rings. The van der Waals surface area contributed by atoms with Crippen molar-refractivity contribution in [3.63, 3.8) is 0 Å². The van der Waals surface area contributed by atoms with Gasteiger partial charge in [0.25, 0.3) is 0 Å². The smallest absolute Gasteiger partial charge is 0.0477 e. The van der Waals surface area contributed by atoms with Gasteiger partial charge >= 0.3 is 0 Å². The zero-order valence-electron chi connectivity index (χ0n) is 12.4. The number of hydrogen-bond donors (Lipinski definition) is 1. The maximum atomic E-state index is 3.71. The highest BCUT2D eigenvalue weighted by atomic mass is 15.2. The maximum absolute atomic E-state index is 3.71. The second-order valence-electron chi connectivity index (χ2n) is 5.52. The van der Waals surface area contributed by atoms with Gasteiger partial charge in [-0.15, -0.1) is 0 Å². The molecule has 2 nitrogen and oxygen atoms in total. The Hall–Kier alpha value is -0.860. The highest BCUT2D eigenvalue weighted by molar-refractivity contribution is 5.20. The van der Waals surface area contributed by atoms with Gasteiger partial charge in [0.2, 0.25) is 0 Å². The molecule has 1 saturated heterocycles. The molecular weight excluding hydrogens is 232 g/mol. The molecular formula is C17H28N2. The third-order valence-corrected chi connectivity index (χ3v) is 4.25. The van der Waals surface area contributed by atoms with Crippen molar-refractivity contribution >= 4 is 0 Å². The topological polar surface area (TPSA) is 15.3 Å². The number of likely N-dealkylation sites (tertiary alicyclic amines) is 1. The average molecular weight is 260 g/mol. The predicted molar refractivity (Wildman–Crippen MR) is 82.4 cm³/mol. The molecule has 2 rings (SSSR count). The van der Waals surface area contributed by atoms with Crippen LogP contribution in [-0.2, 0) is 0 Å². The lowest BCUT2D eigenvalue weighted by molar-refractivity contribution is 0.126. The van der Waals surface area contributed by atoms with Gasteiger partial charge < -0.3 is 5.32 Å². The van der Waals surface area contributed by atoms with E-state index in [9.17, 15) is 0 Å². The molecule has 0 bridgehead atoms. The first kappa shape index (κ1) is 14.5. The number of hydrogen-bond acceptors (Lipinski definition) is 2. The predicted octanol–water partition coefficient (Wildman–Crippen LogP) is 3.60. The second kappa shape index (κ2) is 7.66. The van der Waals surface area contributed by atoms with Crippen LogP contribution in [0.5, 0.6) is 0 Å². The van der Waals surface area contributed by atoms with Crippen molar-refractivity contribution in [3.8, 4) is 0 Å². The van der Waals surface area contributed by atoms with Crippen LogP contribution in [-0.4, -0.2) is 30.6 Å². The van der Waals surface area contributed by atoms with E-state index in [2.05, 4.69) is 54.4 Å². The average Bonchev–Trinajstić information content (AvgIpc) is 2.49. The molecule has 0 spiro atoms. The number of nitrogens with zero attached hydrogens (tertiary/aromatic N) is 1. The fourth-order valence-electron chi connectivity index (χ4n) is 3.31. The number of rotatable bonds is 6. The summed E-state index contributed by atoms with van der Waals surface area (Å²) in [5, 5.41) is 3.71. The van der Waals surface area contributed by atoms with Crippen LogP contribution >= 0.6 is 0 Å². The molecule has 1 heterocycles. The van der Waals surface area contributed by atoms with E-state index in [1.807, 2.05) is 0 Å². The van der Waals surface area contributed by atoms with E-state index >= 15 is 0 Å². The molecule has 1 aliphatic heterocycles. The van der Waals surface area contributed by atoms with Gasteiger partial charge in [-0.05, 0) is 44.5 Å². The first-order chi connectivity index (χ1) is 9.36. The number of benzene rings is 1. The summed E-state index contributed by atoms with van der Waals surface area (Å²) in [5.41, 5.74) is 1.43. The Labute approximate surface area is 118 Å². The Balaban J connectivity index is 2.15. The Kier molecular flexibility index (Phi) is 5.87. The van der Waals surface area contributed by atoms with Crippen LogP contribution in [0.2, 0.25) is 0 Å². The summed E-state index contributed by atoms with van der Waals surface area (Å²) in [6.45, 7) is 8.11. The normalized spacial score (nSPS) is 20.1. The van der Waals surface area contributed by atoms with Gasteiger partial charge in [0.05, 0.1) is 0 Å². The molecule has 2 heteroatoms. The number of likely N-dealkylation sites (N-methyl/N-ethyl adjacent to an activating group) is 1. The minimum atomic E-state index is 0.467. The standard InChI is InChI=1S/C17H28N2/c1-3-16(19-13-9-6-10-14-19)17(18-4-2)15-11-7-5-8-12-15/h5,7-8,11-12,16-18H,3-4,6,9-10,13-14H2,1-2H3. The second-order valence-corrected chi connectivity index (χ2v) is 5.52. The Morgan fingerprint density at radius 1 is 1.05 bits per heavy atom. The zero-order chi connectivity index (χ0) is 13.5. The lowest BCUT2D eigenvalue weighted by atomic mass is 9.94. The molecule has 0 radical (unpaired) electrons. The van der Waals surface area contributed by atoms with Gasteiger partial charge in [0, 0.05) is 12.1 Å². The molecule has 1 aromatic carbocycles. The minimum absolute atomic E-state index is 0.467. The quantitative estimate of drug-likeness (QED) is 0.840. The van der Waals surface area contributed by atoms with E-state index in [1.165, 1.54) is 44.3 Å². The first-order valence-electron chi connectivity index (χ1n) is 7.89. The van der Waals surface area contributed by atoms with Crippen LogP contribution in [0.1, 0.15) is 51.1 Å². The third kappa shape index (κ3) is 3.80. The lowest BCUT2D eigenvalue weighted by Gasteiger charge is -2.39. The van der Waals surface area contributed by atoms with Crippen molar-refractivity contribution in [2.45, 2.75) is 51.6 Å². The summed E-state index contributed by atoms with van der Waals surface area (Å²) >= 11 is 0. The highest BCUT2D eigenvalue weighted by Gasteiger charge is 2.27. The van der Waals surface area contributed by atoms with Gasteiger partial charge in [-0.25, -0.2) is 0 Å². The molecule has 0 saturated carbocycles. The van der Waals surface area contributed by atoms with Crippen molar-refractivity contribution in [1.82, 2.24) is 10.2 Å². The molecule has 19 heavy (non-hydrogen) atoms. The van der Waals surface area contributed by atoms with E-state index in [0.717, 1.165) is 6.54 Å². The Morgan fingerprint density at radius 3 is 2.32 bits per heavy atom. The van der Waals surface area contributed by atoms with E-state index in [4.69, 9.17) is 0 Å². The number of piperidine rings is 1. The molecule has 0 amide bonds. The van der Waals surface area contributed by atoms with E-state index in [-0.39, 0.29) is 0 Å². The van der Waals surface area contributed by atoms with Crippen LogP contribution in [0.3, 0.4) is 0 Å². The van der Waals surface area contributed by atoms with Crippen molar-refractivity contribution in [2.24, 2.45) is 0 Å². The van der Waals surface area contributed by atoms with Gasteiger partial charge in [0.1, 0.15) is 0 Å².